The van der Waals surface area contributed by atoms with Crippen LogP contribution in [0.25, 0.3) is 16.9 Å². The molecule has 1 aromatic carbocycles. The van der Waals surface area contributed by atoms with E-state index in [1.54, 1.807) is 4.68 Å². The van der Waals surface area contributed by atoms with Crippen LogP contribution in [0.5, 0.6) is 0 Å². The fourth-order valence-electron chi connectivity index (χ4n) is 2.20. The molecule has 19 heavy (non-hydrogen) atoms. The highest BCUT2D eigenvalue weighted by molar-refractivity contribution is 5.64. The normalized spacial score (nSPS) is 10.8. The zero-order valence-electron chi connectivity index (χ0n) is 10.8. The largest absolute Gasteiger partial charge is 0.302 e. The Kier molecular flexibility index (Phi) is 2.59. The minimum Gasteiger partial charge on any atom is -0.302 e. The SMILES string of the molecule is Cc1cc(-c2c(C)[nH][nH]c2=O)n(-c2ccccc2)n1. The first kappa shape index (κ1) is 11.5. The minimum absolute atomic E-state index is 0.130. The monoisotopic (exact) mass is 254 g/mol. The Morgan fingerprint density at radius 1 is 1.11 bits per heavy atom. The summed E-state index contributed by atoms with van der Waals surface area (Å²) in [5.74, 6) is 0. The summed E-state index contributed by atoms with van der Waals surface area (Å²) in [6, 6.07) is 11.7. The van der Waals surface area contributed by atoms with Gasteiger partial charge in [-0.1, -0.05) is 18.2 Å². The lowest BCUT2D eigenvalue weighted by molar-refractivity contribution is 0.868. The Morgan fingerprint density at radius 2 is 1.84 bits per heavy atom. The van der Waals surface area contributed by atoms with Crippen molar-refractivity contribution in [2.75, 3.05) is 0 Å². The number of nitrogens with one attached hydrogen (secondary N) is 2. The van der Waals surface area contributed by atoms with E-state index in [4.69, 9.17) is 0 Å². The summed E-state index contributed by atoms with van der Waals surface area (Å²) < 4.78 is 1.79. The molecule has 5 heteroatoms. The lowest BCUT2D eigenvalue weighted by Crippen LogP contribution is -2.06. The van der Waals surface area contributed by atoms with Crippen molar-refractivity contribution in [3.05, 3.63) is 58.1 Å². The molecule has 2 N–H and O–H groups in total. The molecule has 0 amide bonds. The number of rotatable bonds is 2. The number of aryl methyl sites for hydroxylation is 2. The molecule has 2 aromatic heterocycles. The molecule has 0 bridgehead atoms. The number of H-pyrrole nitrogens is 2. The summed E-state index contributed by atoms with van der Waals surface area (Å²) in [5.41, 5.74) is 3.91. The molecule has 0 unspecified atom stereocenters. The first-order valence-electron chi connectivity index (χ1n) is 6.06. The summed E-state index contributed by atoms with van der Waals surface area (Å²) in [7, 11) is 0. The topological polar surface area (TPSA) is 66.5 Å². The van der Waals surface area contributed by atoms with Crippen molar-refractivity contribution >= 4 is 0 Å². The zero-order chi connectivity index (χ0) is 13.4. The van der Waals surface area contributed by atoms with Crippen LogP contribution >= 0.6 is 0 Å². The molecule has 3 rings (SSSR count). The molecule has 0 aliphatic heterocycles. The first-order valence-corrected chi connectivity index (χ1v) is 6.06. The number of aromatic nitrogens is 4. The van der Waals surface area contributed by atoms with Gasteiger partial charge < -0.3 is 5.10 Å². The maximum Gasteiger partial charge on any atom is 0.273 e. The average molecular weight is 254 g/mol. The minimum atomic E-state index is -0.130. The van der Waals surface area contributed by atoms with E-state index < -0.39 is 0 Å². The third kappa shape index (κ3) is 1.89. The van der Waals surface area contributed by atoms with Gasteiger partial charge in [-0.2, -0.15) is 5.10 Å². The predicted molar refractivity (Wildman–Crippen MR) is 73.4 cm³/mol. The standard InChI is InChI=1S/C14H14N4O/c1-9-8-12(13-10(2)15-16-14(13)19)18(17-9)11-6-4-3-5-7-11/h3-8H,1-2H3,(H2,15,16,19). The van der Waals surface area contributed by atoms with Crippen LogP contribution in [0.4, 0.5) is 0 Å². The van der Waals surface area contributed by atoms with Crippen LogP contribution in [0.3, 0.4) is 0 Å². The van der Waals surface area contributed by atoms with Crippen LogP contribution in [0, 0.1) is 13.8 Å². The van der Waals surface area contributed by atoms with Gasteiger partial charge in [0, 0.05) is 5.69 Å². The van der Waals surface area contributed by atoms with Crippen molar-refractivity contribution < 1.29 is 0 Å². The van der Waals surface area contributed by atoms with Crippen molar-refractivity contribution in [2.24, 2.45) is 0 Å². The summed E-state index contributed by atoms with van der Waals surface area (Å²) in [6.45, 7) is 3.78. The number of benzene rings is 1. The van der Waals surface area contributed by atoms with E-state index in [1.807, 2.05) is 50.2 Å². The fourth-order valence-corrected chi connectivity index (χ4v) is 2.20. The molecule has 5 nitrogen and oxygen atoms in total. The highest BCUT2D eigenvalue weighted by atomic mass is 16.1. The first-order chi connectivity index (χ1) is 9.16. The summed E-state index contributed by atoms with van der Waals surface area (Å²) in [5, 5.41) is 9.92. The van der Waals surface area contributed by atoms with E-state index in [2.05, 4.69) is 15.3 Å². The second-order valence-electron chi connectivity index (χ2n) is 4.50. The van der Waals surface area contributed by atoms with Gasteiger partial charge in [-0.15, -0.1) is 0 Å². The molecule has 0 aliphatic carbocycles. The van der Waals surface area contributed by atoms with Gasteiger partial charge in [-0.3, -0.25) is 9.89 Å². The molecular formula is C14H14N4O. The highest BCUT2D eigenvalue weighted by Crippen LogP contribution is 2.22. The second-order valence-corrected chi connectivity index (χ2v) is 4.50. The number of hydrogen-bond acceptors (Lipinski definition) is 2. The molecule has 3 aromatic rings. The molecular weight excluding hydrogens is 240 g/mol. The van der Waals surface area contributed by atoms with Crippen LogP contribution in [-0.2, 0) is 0 Å². The quantitative estimate of drug-likeness (QED) is 0.736. The van der Waals surface area contributed by atoms with Crippen LogP contribution in [0.2, 0.25) is 0 Å². The Balaban J connectivity index is 2.27. The Morgan fingerprint density at radius 3 is 2.47 bits per heavy atom. The number of aromatic amines is 2. The molecule has 0 atom stereocenters. The van der Waals surface area contributed by atoms with Gasteiger partial charge in [0.1, 0.15) is 0 Å². The lowest BCUT2D eigenvalue weighted by Gasteiger charge is -2.05. The van der Waals surface area contributed by atoms with Gasteiger partial charge in [0.2, 0.25) is 0 Å². The fraction of sp³-hybridized carbons (Fsp3) is 0.143. The second kappa shape index (κ2) is 4.28. The predicted octanol–water partition coefficient (Wildman–Crippen LogP) is 2.17. The van der Waals surface area contributed by atoms with Crippen LogP contribution in [-0.4, -0.2) is 20.0 Å². The van der Waals surface area contributed by atoms with E-state index in [9.17, 15) is 4.79 Å². The van der Waals surface area contributed by atoms with Crippen molar-refractivity contribution in [3.63, 3.8) is 0 Å². The highest BCUT2D eigenvalue weighted by Gasteiger charge is 2.16. The van der Waals surface area contributed by atoms with Gasteiger partial charge in [0.25, 0.3) is 5.56 Å². The van der Waals surface area contributed by atoms with E-state index in [0.29, 0.717) is 5.56 Å². The molecule has 0 radical (unpaired) electrons. The van der Waals surface area contributed by atoms with Crippen molar-refractivity contribution in [1.82, 2.24) is 20.0 Å². The Hall–Kier alpha value is -2.56. The van der Waals surface area contributed by atoms with E-state index >= 15 is 0 Å². The van der Waals surface area contributed by atoms with Crippen LogP contribution < -0.4 is 5.56 Å². The molecule has 0 saturated heterocycles. The van der Waals surface area contributed by atoms with E-state index in [-0.39, 0.29) is 5.56 Å². The molecule has 96 valence electrons. The maximum absolute atomic E-state index is 11.9. The van der Waals surface area contributed by atoms with Gasteiger partial charge >= 0.3 is 0 Å². The third-order valence-electron chi connectivity index (χ3n) is 3.05. The maximum atomic E-state index is 11.9. The molecule has 0 fully saturated rings. The average Bonchev–Trinajstić information content (AvgIpc) is 2.94. The van der Waals surface area contributed by atoms with Crippen molar-refractivity contribution in [1.29, 1.82) is 0 Å². The lowest BCUT2D eigenvalue weighted by atomic mass is 10.1. The smallest absolute Gasteiger partial charge is 0.273 e. The van der Waals surface area contributed by atoms with Crippen LogP contribution in [0.15, 0.2) is 41.2 Å². The van der Waals surface area contributed by atoms with Crippen molar-refractivity contribution in [3.8, 4) is 16.9 Å². The summed E-state index contributed by atoms with van der Waals surface area (Å²) >= 11 is 0. The summed E-state index contributed by atoms with van der Waals surface area (Å²) in [4.78, 5) is 11.9. The molecule has 0 spiro atoms. The number of para-hydroxylation sites is 1. The molecule has 2 heterocycles. The third-order valence-corrected chi connectivity index (χ3v) is 3.05. The summed E-state index contributed by atoms with van der Waals surface area (Å²) in [6.07, 6.45) is 0. The van der Waals surface area contributed by atoms with Gasteiger partial charge in [-0.05, 0) is 32.0 Å². The van der Waals surface area contributed by atoms with E-state index in [1.165, 1.54) is 0 Å². The van der Waals surface area contributed by atoms with Crippen molar-refractivity contribution in [2.45, 2.75) is 13.8 Å². The Labute approximate surface area is 109 Å². The van der Waals surface area contributed by atoms with Crippen LogP contribution in [0.1, 0.15) is 11.4 Å². The van der Waals surface area contributed by atoms with E-state index in [0.717, 1.165) is 22.8 Å². The molecule has 0 aliphatic rings. The number of hydrogen-bond donors (Lipinski definition) is 2. The van der Waals surface area contributed by atoms with Gasteiger partial charge in [0.15, 0.2) is 0 Å². The van der Waals surface area contributed by atoms with Gasteiger partial charge in [0.05, 0.1) is 22.6 Å². The zero-order valence-corrected chi connectivity index (χ0v) is 10.8. The van der Waals surface area contributed by atoms with Gasteiger partial charge in [-0.25, -0.2) is 4.68 Å². The molecule has 0 saturated carbocycles. The number of nitrogens with zero attached hydrogens (tertiary/aromatic N) is 2. The Bertz CT molecular complexity index is 764.